The zero-order valence-corrected chi connectivity index (χ0v) is 34.3. The average molecular weight is 820 g/mol. The van der Waals surface area contributed by atoms with Gasteiger partial charge in [0.1, 0.15) is 29.8 Å². The number of methoxy groups -OCH3 is 2. The summed E-state index contributed by atoms with van der Waals surface area (Å²) in [5.74, 6) is -0.415. The number of nitrogens with zero attached hydrogens (tertiary/aromatic N) is 2. The van der Waals surface area contributed by atoms with Gasteiger partial charge in [0, 0.05) is 23.7 Å². The Labute approximate surface area is 338 Å². The second-order valence-electron chi connectivity index (χ2n) is 16.3. The smallest absolute Gasteiger partial charge is 0.264 e. The number of hydrogen-bond acceptors (Lipinski definition) is 12. The number of nitrogens with one attached hydrogen (secondary N) is 1. The fraction of sp³-hybridized carbons (Fsp3) is 0.500. The Hall–Kier alpha value is -4.39. The third-order valence-electron chi connectivity index (χ3n) is 12.7. The van der Waals surface area contributed by atoms with Gasteiger partial charge in [-0.05, 0) is 66.4 Å². The summed E-state index contributed by atoms with van der Waals surface area (Å²) in [6.45, 7) is 7.03. The second-order valence-corrected chi connectivity index (χ2v) is 21.0. The van der Waals surface area contributed by atoms with Crippen molar-refractivity contribution in [3.8, 4) is 11.5 Å². The van der Waals surface area contributed by atoms with Crippen molar-refractivity contribution in [1.82, 2.24) is 4.90 Å². The highest BCUT2D eigenvalue weighted by molar-refractivity contribution is 6.91. The number of carbonyl (C=O) groups excluding carboxylic acids is 3. The average Bonchev–Trinajstić information content (AvgIpc) is 3.88. The highest BCUT2D eigenvalue weighted by Gasteiger charge is 2.66. The molecule has 6 N–H and O–H groups in total. The number of amides is 3. The van der Waals surface area contributed by atoms with E-state index in [1.165, 1.54) is 0 Å². The van der Waals surface area contributed by atoms with Crippen LogP contribution in [0.4, 0.5) is 11.4 Å². The monoisotopic (exact) mass is 819 g/mol. The number of carbonyl (C=O) groups is 3. The van der Waals surface area contributed by atoms with Gasteiger partial charge in [0.15, 0.2) is 18.0 Å². The number of fused-ring (bicyclic) bond motifs is 2. The molecule has 15 nitrogen and oxygen atoms in total. The molecule has 0 radical (unpaired) electrons. The predicted molar refractivity (Wildman–Crippen MR) is 214 cm³/mol. The molecule has 10 atom stereocenters. The molecule has 58 heavy (non-hydrogen) atoms. The Morgan fingerprint density at radius 3 is 2.34 bits per heavy atom. The van der Waals surface area contributed by atoms with E-state index in [4.69, 9.17) is 18.9 Å². The number of aliphatic hydroxyl groups excluding tert-OH is 5. The van der Waals surface area contributed by atoms with E-state index in [1.54, 1.807) is 54.4 Å². The topological polar surface area (TPSA) is 208 Å². The van der Waals surface area contributed by atoms with Gasteiger partial charge in [-0.2, -0.15) is 0 Å². The van der Waals surface area contributed by atoms with Gasteiger partial charge in [-0.1, -0.05) is 49.5 Å². The lowest BCUT2D eigenvalue weighted by Gasteiger charge is -2.37. The fourth-order valence-corrected chi connectivity index (χ4v) is 13.7. The number of likely N-dealkylation sites (tertiary alicyclic amines) is 1. The number of benzene rings is 3. The maximum absolute atomic E-state index is 15.3. The molecule has 3 aromatic rings. The van der Waals surface area contributed by atoms with Crippen molar-refractivity contribution in [2.24, 2.45) is 5.92 Å². The van der Waals surface area contributed by atoms with Crippen LogP contribution in [0.5, 0.6) is 11.5 Å². The zero-order valence-electron chi connectivity index (χ0n) is 33.3. The molecule has 0 bridgehead atoms. The lowest BCUT2D eigenvalue weighted by atomic mass is 9.82. The van der Waals surface area contributed by atoms with Crippen LogP contribution in [0.15, 0.2) is 66.7 Å². The van der Waals surface area contributed by atoms with Crippen molar-refractivity contribution in [1.29, 1.82) is 0 Å². The minimum absolute atomic E-state index is 0.0423. The summed E-state index contributed by atoms with van der Waals surface area (Å²) in [6, 6.07) is 19.9. The summed E-state index contributed by atoms with van der Waals surface area (Å²) in [5.41, 5.74) is 0.481. The molecule has 0 aromatic heterocycles. The van der Waals surface area contributed by atoms with Crippen LogP contribution in [0, 0.1) is 5.92 Å². The molecule has 0 aliphatic carbocycles. The summed E-state index contributed by atoms with van der Waals surface area (Å²) in [4.78, 5) is 46.0. The van der Waals surface area contributed by atoms with Crippen LogP contribution in [-0.2, 0) is 36.0 Å². The van der Waals surface area contributed by atoms with Crippen molar-refractivity contribution in [2.75, 3.05) is 37.6 Å². The van der Waals surface area contributed by atoms with Gasteiger partial charge in [-0.15, -0.1) is 0 Å². The van der Waals surface area contributed by atoms with Crippen LogP contribution in [0.25, 0.3) is 0 Å². The first-order chi connectivity index (χ1) is 27.7. The first-order valence-corrected chi connectivity index (χ1v) is 22.7. The van der Waals surface area contributed by atoms with E-state index in [2.05, 4.69) is 30.5 Å². The van der Waals surface area contributed by atoms with Gasteiger partial charge < -0.3 is 59.6 Å². The van der Waals surface area contributed by atoms with Crippen LogP contribution in [0.2, 0.25) is 18.6 Å². The van der Waals surface area contributed by atoms with E-state index in [9.17, 15) is 35.1 Å². The Balaban J connectivity index is 1.23. The molecule has 1 spiro atoms. The van der Waals surface area contributed by atoms with E-state index in [0.717, 1.165) is 23.8 Å². The summed E-state index contributed by atoms with van der Waals surface area (Å²) in [7, 11) is 0.599. The van der Waals surface area contributed by atoms with E-state index in [-0.39, 0.29) is 43.0 Å². The van der Waals surface area contributed by atoms with Crippen LogP contribution >= 0.6 is 0 Å². The molecule has 4 aliphatic heterocycles. The number of hydrogen-bond donors (Lipinski definition) is 6. The van der Waals surface area contributed by atoms with Crippen LogP contribution < -0.4 is 24.9 Å². The van der Waals surface area contributed by atoms with E-state index < -0.39 is 62.3 Å². The fourth-order valence-electron chi connectivity index (χ4n) is 9.64. The molecule has 16 heteroatoms. The minimum atomic E-state index is -2.57. The van der Waals surface area contributed by atoms with Crippen molar-refractivity contribution in [3.05, 3.63) is 77.9 Å². The molecule has 3 fully saturated rings. The molecule has 0 saturated carbocycles. The molecule has 3 saturated heterocycles. The number of aliphatic hydroxyl groups is 5. The van der Waals surface area contributed by atoms with Crippen LogP contribution in [0.1, 0.15) is 37.3 Å². The summed E-state index contributed by atoms with van der Waals surface area (Å²) in [6.07, 6.45) is -8.01. The minimum Gasteiger partial charge on any atom is -0.497 e. The Bertz CT molecular complexity index is 2020. The normalized spacial score (nSPS) is 30.8. The molecule has 3 aromatic carbocycles. The standard InChI is InChI=1S/C42H53N3O12Si/c1-23-38(58(4,5)29-14-11-27(54-2)12-15-29)32(20-33(47)44-17-7-10-26(44)22-46)57-42(23)30-19-28(55-3)13-16-31(30)45(41(42)53)21-24-8-6-9-25(18-24)43-39(51)37-35(49)34(48)36(50)40(52)56-37/h6,8-9,11-16,18-19,23,26,32,34-38,40,46,48-50,52H,7,10,17,20-22H2,1-5H3,(H,43,51)/t23-,26-,32+,34-,35-,36+,37-,38-,40+,42+/m0/s1. The van der Waals surface area contributed by atoms with Gasteiger partial charge in [0.2, 0.25) is 5.91 Å². The van der Waals surface area contributed by atoms with Crippen molar-refractivity contribution >= 4 is 42.4 Å². The van der Waals surface area contributed by atoms with E-state index in [0.29, 0.717) is 34.8 Å². The third kappa shape index (κ3) is 7.19. The summed E-state index contributed by atoms with van der Waals surface area (Å²) >= 11 is 0. The SMILES string of the molecule is COc1ccc([Si](C)(C)[C@@H]2[C@@H](CC(=O)N3CCC[C@H]3CO)O[C@]3(C(=O)N(Cc4cccc(NC(=O)[C@H]5O[C@@H](O)[C@H](O)[C@@H](O)[C@@H]5O)c4)c4ccc(OC)cc43)[C@H]2C)cc1. The molecule has 7 rings (SSSR count). The largest absolute Gasteiger partial charge is 0.497 e. The zero-order chi connectivity index (χ0) is 41.7. The number of ether oxygens (including phenoxy) is 4. The van der Waals surface area contributed by atoms with Gasteiger partial charge in [-0.25, -0.2) is 0 Å². The summed E-state index contributed by atoms with van der Waals surface area (Å²) in [5, 5.41) is 54.1. The van der Waals surface area contributed by atoms with Crippen LogP contribution in [-0.4, -0.2) is 126 Å². The molecule has 4 heterocycles. The summed E-state index contributed by atoms with van der Waals surface area (Å²) < 4.78 is 23.4. The number of rotatable bonds is 11. The van der Waals surface area contributed by atoms with E-state index >= 15 is 4.79 Å². The lowest BCUT2D eigenvalue weighted by Crippen LogP contribution is -2.60. The molecule has 3 amide bonds. The van der Waals surface area contributed by atoms with Crippen LogP contribution in [0.3, 0.4) is 0 Å². The molecular weight excluding hydrogens is 767 g/mol. The van der Waals surface area contributed by atoms with Crippen molar-refractivity contribution in [2.45, 2.75) is 99.8 Å². The Kier molecular flexibility index (Phi) is 11.8. The van der Waals surface area contributed by atoms with Crippen molar-refractivity contribution < 1.29 is 58.9 Å². The van der Waals surface area contributed by atoms with Gasteiger partial charge in [0.05, 0.1) is 59.7 Å². The maximum atomic E-state index is 15.3. The first kappa shape index (κ1) is 41.8. The molecule has 312 valence electrons. The highest BCUT2D eigenvalue weighted by atomic mass is 28.3. The molecular formula is C42H53N3O12Si. The first-order valence-electron chi connectivity index (χ1n) is 19.7. The lowest BCUT2D eigenvalue weighted by molar-refractivity contribution is -0.274. The predicted octanol–water partition coefficient (Wildman–Crippen LogP) is 1.58. The van der Waals surface area contributed by atoms with Gasteiger partial charge >= 0.3 is 0 Å². The third-order valence-corrected chi connectivity index (χ3v) is 17.1. The quantitative estimate of drug-likeness (QED) is 0.153. The van der Waals surface area contributed by atoms with E-state index in [1.807, 2.05) is 31.2 Å². The Morgan fingerprint density at radius 2 is 1.66 bits per heavy atom. The van der Waals surface area contributed by atoms with Gasteiger partial charge in [0.25, 0.3) is 11.8 Å². The van der Waals surface area contributed by atoms with Gasteiger partial charge in [-0.3, -0.25) is 14.4 Å². The molecule has 4 aliphatic rings. The maximum Gasteiger partial charge on any atom is 0.264 e. The molecule has 0 unspecified atom stereocenters. The Morgan fingerprint density at radius 1 is 0.948 bits per heavy atom. The number of anilines is 2. The van der Waals surface area contributed by atoms with Crippen molar-refractivity contribution in [3.63, 3.8) is 0 Å². The highest BCUT2D eigenvalue weighted by Crippen LogP contribution is 2.60. The second kappa shape index (κ2) is 16.3.